The Labute approximate surface area is 140 Å². The van der Waals surface area contributed by atoms with Crippen molar-refractivity contribution < 1.29 is 23.8 Å². The van der Waals surface area contributed by atoms with E-state index < -0.39 is 29.9 Å². The summed E-state index contributed by atoms with van der Waals surface area (Å²) in [5, 5.41) is 24.7. The quantitative estimate of drug-likeness (QED) is 0.613. The third-order valence-electron chi connectivity index (χ3n) is 4.37. The zero-order valence-electron chi connectivity index (χ0n) is 13.5. The predicted octanol–water partition coefficient (Wildman–Crippen LogP) is 2.43. The van der Waals surface area contributed by atoms with Crippen LogP contribution in [-0.2, 0) is 6.42 Å². The highest BCUT2D eigenvalue weighted by atomic mass is 19.1. The van der Waals surface area contributed by atoms with E-state index in [2.05, 4.69) is 10.6 Å². The molecule has 24 heavy (non-hydrogen) atoms. The van der Waals surface area contributed by atoms with Crippen molar-refractivity contribution in [2.75, 3.05) is 6.54 Å². The molecule has 1 aliphatic rings. The number of aliphatic hydroxyl groups excluding tert-OH is 1. The largest absolute Gasteiger partial charge is 0.465 e. The van der Waals surface area contributed by atoms with Gasteiger partial charge in [-0.05, 0) is 37.0 Å². The first-order valence-electron chi connectivity index (χ1n) is 8.30. The lowest BCUT2D eigenvalue weighted by Gasteiger charge is -2.27. The SMILES string of the molecule is O=C(O)N[C@@H](Cc1cc(F)cc(F)c1)[C@H](O)CNC1CCCCC1. The number of amides is 1. The first kappa shape index (κ1) is 18.6. The van der Waals surface area contributed by atoms with Gasteiger partial charge in [0.1, 0.15) is 11.6 Å². The number of nitrogens with one attached hydrogen (secondary N) is 2. The van der Waals surface area contributed by atoms with Crippen molar-refractivity contribution in [3.63, 3.8) is 0 Å². The first-order valence-corrected chi connectivity index (χ1v) is 8.30. The average Bonchev–Trinajstić information content (AvgIpc) is 2.51. The van der Waals surface area contributed by atoms with Gasteiger partial charge in [0.2, 0.25) is 0 Å². The highest BCUT2D eigenvalue weighted by molar-refractivity contribution is 5.65. The molecule has 0 aliphatic heterocycles. The molecule has 134 valence electrons. The van der Waals surface area contributed by atoms with Crippen LogP contribution in [0.5, 0.6) is 0 Å². The Balaban J connectivity index is 1.96. The lowest BCUT2D eigenvalue weighted by Crippen LogP contribution is -2.50. The van der Waals surface area contributed by atoms with E-state index in [1.54, 1.807) is 0 Å². The van der Waals surface area contributed by atoms with E-state index in [1.807, 2.05) is 0 Å². The molecule has 1 aliphatic carbocycles. The molecule has 0 radical (unpaired) electrons. The molecular weight excluding hydrogens is 318 g/mol. The zero-order chi connectivity index (χ0) is 17.5. The highest BCUT2D eigenvalue weighted by Gasteiger charge is 2.23. The molecule has 4 N–H and O–H groups in total. The van der Waals surface area contributed by atoms with Gasteiger partial charge < -0.3 is 20.8 Å². The molecule has 1 aromatic rings. The van der Waals surface area contributed by atoms with Crippen LogP contribution in [0.1, 0.15) is 37.7 Å². The minimum atomic E-state index is -1.28. The second-order valence-corrected chi connectivity index (χ2v) is 6.35. The Kier molecular flexibility index (Phi) is 6.93. The van der Waals surface area contributed by atoms with Crippen molar-refractivity contribution in [1.82, 2.24) is 10.6 Å². The lowest BCUT2D eigenvalue weighted by atomic mass is 9.95. The van der Waals surface area contributed by atoms with Crippen LogP contribution in [0.25, 0.3) is 0 Å². The number of hydrogen-bond acceptors (Lipinski definition) is 3. The van der Waals surface area contributed by atoms with Gasteiger partial charge in [0.25, 0.3) is 0 Å². The molecule has 0 spiro atoms. The molecule has 1 amide bonds. The lowest BCUT2D eigenvalue weighted by molar-refractivity contribution is 0.113. The second kappa shape index (κ2) is 8.94. The maximum absolute atomic E-state index is 13.3. The number of hydrogen-bond donors (Lipinski definition) is 4. The number of rotatable bonds is 7. The van der Waals surface area contributed by atoms with E-state index in [-0.39, 0.29) is 13.0 Å². The molecule has 1 fully saturated rings. The summed E-state index contributed by atoms with van der Waals surface area (Å²) in [6, 6.07) is 2.51. The van der Waals surface area contributed by atoms with E-state index in [4.69, 9.17) is 5.11 Å². The number of carboxylic acid groups (broad SMARTS) is 1. The van der Waals surface area contributed by atoms with E-state index in [9.17, 15) is 18.7 Å². The summed E-state index contributed by atoms with van der Waals surface area (Å²) in [6.07, 6.45) is 3.32. The maximum Gasteiger partial charge on any atom is 0.404 e. The maximum atomic E-state index is 13.3. The summed E-state index contributed by atoms with van der Waals surface area (Å²) in [5.41, 5.74) is 0.294. The molecule has 1 aromatic carbocycles. The third-order valence-corrected chi connectivity index (χ3v) is 4.37. The standard InChI is InChI=1S/C17H24F2N2O3/c18-12-6-11(7-13(19)9-12)8-15(21-17(23)24)16(22)10-20-14-4-2-1-3-5-14/h6-7,9,14-16,20-22H,1-5,8,10H2,(H,23,24)/t15-,16+/m0/s1. The minimum absolute atomic E-state index is 0.00843. The van der Waals surface area contributed by atoms with Crippen LogP contribution >= 0.6 is 0 Å². The van der Waals surface area contributed by atoms with Crippen LogP contribution in [0.15, 0.2) is 18.2 Å². The fourth-order valence-corrected chi connectivity index (χ4v) is 3.16. The Morgan fingerprint density at radius 2 is 1.79 bits per heavy atom. The summed E-state index contributed by atoms with van der Waals surface area (Å²) in [4.78, 5) is 11.0. The average molecular weight is 342 g/mol. The first-order chi connectivity index (χ1) is 11.4. The van der Waals surface area contributed by atoms with E-state index in [0.29, 0.717) is 11.6 Å². The predicted molar refractivity (Wildman–Crippen MR) is 85.9 cm³/mol. The minimum Gasteiger partial charge on any atom is -0.465 e. The third kappa shape index (κ3) is 6.05. The van der Waals surface area contributed by atoms with Crippen LogP contribution < -0.4 is 10.6 Å². The smallest absolute Gasteiger partial charge is 0.404 e. The Hall–Kier alpha value is -1.73. The van der Waals surface area contributed by atoms with E-state index >= 15 is 0 Å². The Morgan fingerprint density at radius 1 is 1.17 bits per heavy atom. The van der Waals surface area contributed by atoms with E-state index in [0.717, 1.165) is 43.9 Å². The van der Waals surface area contributed by atoms with Crippen molar-refractivity contribution >= 4 is 6.09 Å². The van der Waals surface area contributed by atoms with Crippen LogP contribution in [0.4, 0.5) is 13.6 Å². The summed E-state index contributed by atoms with van der Waals surface area (Å²) in [7, 11) is 0. The van der Waals surface area contributed by atoms with Gasteiger partial charge in [-0.25, -0.2) is 13.6 Å². The summed E-state index contributed by atoms with van der Waals surface area (Å²) >= 11 is 0. The number of carbonyl (C=O) groups is 1. The molecule has 0 heterocycles. The number of benzene rings is 1. The molecule has 5 nitrogen and oxygen atoms in total. The molecule has 0 bridgehead atoms. The van der Waals surface area contributed by atoms with Gasteiger partial charge in [0.15, 0.2) is 0 Å². The van der Waals surface area contributed by atoms with Crippen LogP contribution in [0, 0.1) is 11.6 Å². The van der Waals surface area contributed by atoms with Gasteiger partial charge >= 0.3 is 6.09 Å². The monoisotopic (exact) mass is 342 g/mol. The normalized spacial score (nSPS) is 18.1. The van der Waals surface area contributed by atoms with Crippen LogP contribution in [-0.4, -0.2) is 41.0 Å². The topological polar surface area (TPSA) is 81.6 Å². The molecule has 0 aromatic heterocycles. The Bertz CT molecular complexity index is 530. The highest BCUT2D eigenvalue weighted by Crippen LogP contribution is 2.17. The van der Waals surface area contributed by atoms with Gasteiger partial charge in [-0.1, -0.05) is 19.3 Å². The fourth-order valence-electron chi connectivity index (χ4n) is 3.16. The number of aliphatic hydroxyl groups is 1. The summed E-state index contributed by atoms with van der Waals surface area (Å²) in [6.45, 7) is 0.230. The van der Waals surface area contributed by atoms with Crippen LogP contribution in [0.2, 0.25) is 0 Å². The molecule has 0 saturated heterocycles. The van der Waals surface area contributed by atoms with Gasteiger partial charge in [-0.2, -0.15) is 0 Å². The van der Waals surface area contributed by atoms with Crippen molar-refractivity contribution in [3.8, 4) is 0 Å². The zero-order valence-corrected chi connectivity index (χ0v) is 13.5. The number of halogens is 2. The van der Waals surface area contributed by atoms with Crippen LogP contribution in [0.3, 0.4) is 0 Å². The van der Waals surface area contributed by atoms with Crippen molar-refractivity contribution in [2.45, 2.75) is 56.7 Å². The fraction of sp³-hybridized carbons (Fsp3) is 0.588. The molecule has 1 saturated carbocycles. The van der Waals surface area contributed by atoms with Gasteiger partial charge in [0, 0.05) is 18.7 Å². The molecular formula is C17H24F2N2O3. The van der Waals surface area contributed by atoms with Crippen molar-refractivity contribution in [1.29, 1.82) is 0 Å². The van der Waals surface area contributed by atoms with E-state index in [1.165, 1.54) is 6.42 Å². The summed E-state index contributed by atoms with van der Waals surface area (Å²) in [5.74, 6) is -1.46. The Morgan fingerprint density at radius 3 is 2.38 bits per heavy atom. The molecule has 2 atom stereocenters. The van der Waals surface area contributed by atoms with Gasteiger partial charge in [-0.15, -0.1) is 0 Å². The molecule has 0 unspecified atom stereocenters. The van der Waals surface area contributed by atoms with Gasteiger partial charge in [-0.3, -0.25) is 0 Å². The van der Waals surface area contributed by atoms with Gasteiger partial charge in [0.05, 0.1) is 12.1 Å². The van der Waals surface area contributed by atoms with Crippen molar-refractivity contribution in [3.05, 3.63) is 35.4 Å². The second-order valence-electron chi connectivity index (χ2n) is 6.35. The van der Waals surface area contributed by atoms with Crippen molar-refractivity contribution in [2.24, 2.45) is 0 Å². The molecule has 2 rings (SSSR count). The summed E-state index contributed by atoms with van der Waals surface area (Å²) < 4.78 is 26.6. The molecule has 7 heteroatoms.